The number of likely N-dealkylation sites (tertiary alicyclic amines) is 1. The fraction of sp³-hybridized carbons (Fsp3) is 0.308. The Morgan fingerprint density at radius 2 is 1.74 bits per heavy atom. The number of carbonyl (C=O) groups is 1. The fourth-order valence-corrected chi connectivity index (χ4v) is 4.15. The van der Waals surface area contributed by atoms with E-state index in [0.29, 0.717) is 12.5 Å². The van der Waals surface area contributed by atoms with Crippen molar-refractivity contribution in [3.05, 3.63) is 102 Å². The zero-order valence-electron chi connectivity index (χ0n) is 17.8. The summed E-state index contributed by atoms with van der Waals surface area (Å²) in [4.78, 5) is 19.6. The molecule has 2 unspecified atom stereocenters. The molecular formula is C26H30N4O. The highest BCUT2D eigenvalue weighted by Gasteiger charge is 2.23. The molecule has 0 radical (unpaired) electrons. The molecule has 0 saturated carbocycles. The molecule has 0 bridgehead atoms. The molecule has 5 nitrogen and oxygen atoms in total. The lowest BCUT2D eigenvalue weighted by molar-refractivity contribution is 0.236. The molecule has 2 aromatic carbocycles. The number of benzene rings is 2. The Balaban J connectivity index is 1.26. The maximum atomic E-state index is 12.7. The molecule has 5 heteroatoms. The van der Waals surface area contributed by atoms with Crippen LogP contribution in [0.3, 0.4) is 0 Å². The van der Waals surface area contributed by atoms with Gasteiger partial charge in [-0.3, -0.25) is 4.98 Å². The number of urea groups is 1. The molecule has 31 heavy (non-hydrogen) atoms. The Labute approximate surface area is 184 Å². The third-order valence-electron chi connectivity index (χ3n) is 5.87. The number of amides is 2. The van der Waals surface area contributed by atoms with Crippen LogP contribution in [-0.2, 0) is 6.42 Å². The van der Waals surface area contributed by atoms with Gasteiger partial charge in [0.2, 0.25) is 0 Å². The molecule has 0 aliphatic carbocycles. The molecule has 2 atom stereocenters. The maximum absolute atomic E-state index is 12.7. The lowest BCUT2D eigenvalue weighted by Gasteiger charge is -2.20. The van der Waals surface area contributed by atoms with Crippen LogP contribution >= 0.6 is 0 Å². The largest absolute Gasteiger partial charge is 0.338 e. The number of nitrogens with one attached hydrogen (secondary N) is 2. The topological polar surface area (TPSA) is 57.3 Å². The van der Waals surface area contributed by atoms with E-state index >= 15 is 0 Å². The van der Waals surface area contributed by atoms with Crippen molar-refractivity contribution in [2.45, 2.75) is 18.9 Å². The first-order valence-electron chi connectivity index (χ1n) is 11.0. The van der Waals surface area contributed by atoms with Gasteiger partial charge in [-0.1, -0.05) is 66.7 Å². The molecule has 1 aliphatic heterocycles. The molecular weight excluding hydrogens is 384 g/mol. The lowest BCUT2D eigenvalue weighted by atomic mass is 10.0. The molecule has 1 aromatic heterocycles. The minimum atomic E-state index is -0.270. The van der Waals surface area contributed by atoms with Gasteiger partial charge in [0.15, 0.2) is 0 Å². The summed E-state index contributed by atoms with van der Waals surface area (Å²) in [6, 6.07) is 25.9. The van der Waals surface area contributed by atoms with Crippen LogP contribution in [0.5, 0.6) is 0 Å². The number of hydrogen-bond acceptors (Lipinski definition) is 3. The maximum Gasteiger partial charge on any atom is 0.315 e. The van der Waals surface area contributed by atoms with Crippen molar-refractivity contribution in [2.24, 2.45) is 5.92 Å². The number of hydrogen-bond donors (Lipinski definition) is 2. The van der Waals surface area contributed by atoms with Crippen molar-refractivity contribution in [1.29, 1.82) is 0 Å². The minimum absolute atomic E-state index is 0.151. The minimum Gasteiger partial charge on any atom is -0.338 e. The van der Waals surface area contributed by atoms with Crippen molar-refractivity contribution in [3.63, 3.8) is 0 Å². The SMILES string of the molecule is O=C(NCC1CCN(CCc2ccccc2)C1)NC(c1ccccc1)c1ccccn1. The smallest absolute Gasteiger partial charge is 0.315 e. The summed E-state index contributed by atoms with van der Waals surface area (Å²) in [6.07, 6.45) is 3.95. The molecule has 4 rings (SSSR count). The lowest BCUT2D eigenvalue weighted by Crippen LogP contribution is -2.41. The van der Waals surface area contributed by atoms with Gasteiger partial charge in [-0.05, 0) is 48.6 Å². The molecule has 2 heterocycles. The first-order chi connectivity index (χ1) is 15.3. The summed E-state index contributed by atoms with van der Waals surface area (Å²) in [7, 11) is 0. The number of carbonyl (C=O) groups excluding carboxylic acids is 1. The van der Waals surface area contributed by atoms with Gasteiger partial charge in [0.05, 0.1) is 11.7 Å². The summed E-state index contributed by atoms with van der Waals surface area (Å²) in [5.74, 6) is 0.492. The molecule has 1 saturated heterocycles. The quantitative estimate of drug-likeness (QED) is 0.585. The van der Waals surface area contributed by atoms with Gasteiger partial charge in [-0.15, -0.1) is 0 Å². The predicted molar refractivity (Wildman–Crippen MR) is 124 cm³/mol. The summed E-state index contributed by atoms with van der Waals surface area (Å²) in [5.41, 5.74) is 3.23. The summed E-state index contributed by atoms with van der Waals surface area (Å²) in [5, 5.41) is 6.19. The Morgan fingerprint density at radius 3 is 2.48 bits per heavy atom. The van der Waals surface area contributed by atoms with E-state index in [-0.39, 0.29) is 12.1 Å². The van der Waals surface area contributed by atoms with Crippen molar-refractivity contribution >= 4 is 6.03 Å². The van der Waals surface area contributed by atoms with Gasteiger partial charge < -0.3 is 15.5 Å². The van der Waals surface area contributed by atoms with Gasteiger partial charge in [0, 0.05) is 25.8 Å². The highest BCUT2D eigenvalue weighted by atomic mass is 16.2. The van der Waals surface area contributed by atoms with Gasteiger partial charge in [-0.2, -0.15) is 0 Å². The monoisotopic (exact) mass is 414 g/mol. The van der Waals surface area contributed by atoms with Gasteiger partial charge in [0.25, 0.3) is 0 Å². The first kappa shape index (κ1) is 21.1. The molecule has 3 aromatic rings. The second kappa shape index (κ2) is 10.7. The van der Waals surface area contributed by atoms with Crippen molar-refractivity contribution in [3.8, 4) is 0 Å². The summed E-state index contributed by atoms with van der Waals surface area (Å²) >= 11 is 0. The van der Waals surface area contributed by atoms with E-state index in [9.17, 15) is 4.79 Å². The van der Waals surface area contributed by atoms with Crippen LogP contribution in [0.1, 0.15) is 29.3 Å². The standard InChI is InChI=1S/C26H30N4O/c31-26(29-25(23-11-5-2-6-12-23)24-13-7-8-16-27-24)28-19-22-15-18-30(20-22)17-14-21-9-3-1-4-10-21/h1-13,16,22,25H,14-15,17-20H2,(H2,28,29,31). The molecule has 2 amide bonds. The Hall–Kier alpha value is -3.18. The zero-order chi connectivity index (χ0) is 21.3. The Morgan fingerprint density at radius 1 is 1.00 bits per heavy atom. The number of aromatic nitrogens is 1. The summed E-state index contributed by atoms with van der Waals surface area (Å²) < 4.78 is 0. The molecule has 1 aliphatic rings. The van der Waals surface area contributed by atoms with Gasteiger partial charge in [-0.25, -0.2) is 4.79 Å². The summed E-state index contributed by atoms with van der Waals surface area (Å²) in [6.45, 7) is 3.90. The van der Waals surface area contributed by atoms with Crippen LogP contribution < -0.4 is 10.6 Å². The van der Waals surface area contributed by atoms with Crippen molar-refractivity contribution < 1.29 is 4.79 Å². The highest BCUT2D eigenvalue weighted by Crippen LogP contribution is 2.20. The first-order valence-corrected chi connectivity index (χ1v) is 11.0. The van der Waals surface area contributed by atoms with Crippen molar-refractivity contribution in [1.82, 2.24) is 20.5 Å². The molecule has 160 valence electrons. The second-order valence-corrected chi connectivity index (χ2v) is 8.14. The Kier molecular flexibility index (Phi) is 7.29. The average molecular weight is 415 g/mol. The van der Waals surface area contributed by atoms with Crippen LogP contribution in [0.15, 0.2) is 85.1 Å². The third-order valence-corrected chi connectivity index (χ3v) is 5.87. The molecule has 0 spiro atoms. The fourth-order valence-electron chi connectivity index (χ4n) is 4.15. The van der Waals surface area contributed by atoms with E-state index in [1.165, 1.54) is 5.56 Å². The third kappa shape index (κ3) is 6.15. The molecule has 1 fully saturated rings. The normalized spacial score (nSPS) is 17.2. The van der Waals surface area contributed by atoms with E-state index in [2.05, 4.69) is 50.8 Å². The highest BCUT2D eigenvalue weighted by molar-refractivity contribution is 5.75. The number of pyridine rings is 1. The molecule has 2 N–H and O–H groups in total. The van der Waals surface area contributed by atoms with Gasteiger partial charge >= 0.3 is 6.03 Å². The van der Waals surface area contributed by atoms with Crippen LogP contribution in [0.2, 0.25) is 0 Å². The second-order valence-electron chi connectivity index (χ2n) is 8.14. The van der Waals surface area contributed by atoms with Crippen LogP contribution in [-0.4, -0.2) is 42.1 Å². The number of rotatable bonds is 8. The van der Waals surface area contributed by atoms with Crippen molar-refractivity contribution in [2.75, 3.05) is 26.2 Å². The van der Waals surface area contributed by atoms with Crippen LogP contribution in [0.25, 0.3) is 0 Å². The van der Waals surface area contributed by atoms with E-state index < -0.39 is 0 Å². The van der Waals surface area contributed by atoms with Crippen LogP contribution in [0, 0.1) is 5.92 Å². The predicted octanol–water partition coefficient (Wildman–Crippen LogP) is 4.03. The van der Waals surface area contributed by atoms with E-state index in [4.69, 9.17) is 0 Å². The Bertz CT molecular complexity index is 894. The van der Waals surface area contributed by atoms with E-state index in [1.807, 2.05) is 48.5 Å². The van der Waals surface area contributed by atoms with E-state index in [0.717, 1.165) is 43.7 Å². The van der Waals surface area contributed by atoms with Gasteiger partial charge in [0.1, 0.15) is 0 Å². The zero-order valence-corrected chi connectivity index (χ0v) is 17.8. The van der Waals surface area contributed by atoms with Crippen LogP contribution in [0.4, 0.5) is 4.79 Å². The average Bonchev–Trinajstić information content (AvgIpc) is 3.30. The van der Waals surface area contributed by atoms with E-state index in [1.54, 1.807) is 6.20 Å². The number of nitrogens with zero attached hydrogens (tertiary/aromatic N) is 2.